The molecule has 0 radical (unpaired) electrons. The van der Waals surface area contributed by atoms with Crippen molar-refractivity contribution >= 4 is 17.7 Å². The summed E-state index contributed by atoms with van der Waals surface area (Å²) in [6.07, 6.45) is 14.4. The van der Waals surface area contributed by atoms with Crippen LogP contribution in [0.3, 0.4) is 0 Å². The molecule has 0 bridgehead atoms. The highest BCUT2D eigenvalue weighted by atomic mass is 32.2. The number of hydrogen-bond donors (Lipinski definition) is 1. The molecular weight excluding hydrogens is 408 g/mol. The summed E-state index contributed by atoms with van der Waals surface area (Å²) in [7, 11) is 1.39. The van der Waals surface area contributed by atoms with Gasteiger partial charge in [-0.3, -0.25) is 0 Å². The van der Waals surface area contributed by atoms with Crippen LogP contribution in [-0.4, -0.2) is 38.4 Å². The Kier molecular flexibility index (Phi) is 9.21. The molecule has 6 nitrogen and oxygen atoms in total. The fourth-order valence-corrected chi connectivity index (χ4v) is 4.28. The highest BCUT2D eigenvalue weighted by Gasteiger charge is 2.07. The first-order valence-corrected chi connectivity index (χ1v) is 12.0. The van der Waals surface area contributed by atoms with Crippen molar-refractivity contribution in [3.8, 4) is 0 Å². The molecule has 0 saturated carbocycles. The van der Waals surface area contributed by atoms with E-state index in [0.717, 1.165) is 34.3 Å². The summed E-state index contributed by atoms with van der Waals surface area (Å²) in [5, 5.41) is 0.994. The first kappa shape index (κ1) is 23.1. The van der Waals surface area contributed by atoms with Gasteiger partial charge in [-0.15, -0.1) is 0 Å². The van der Waals surface area contributed by atoms with E-state index in [1.165, 1.54) is 45.6 Å². The normalized spacial score (nSPS) is 11.0. The highest BCUT2D eigenvalue weighted by Crippen LogP contribution is 2.18. The fourth-order valence-electron chi connectivity index (χ4n) is 3.41. The van der Waals surface area contributed by atoms with Crippen molar-refractivity contribution in [2.45, 2.75) is 63.6 Å². The molecule has 0 aliphatic carbocycles. The number of aromatic nitrogens is 4. The zero-order valence-electron chi connectivity index (χ0n) is 18.5. The lowest BCUT2D eigenvalue weighted by atomic mass is 10.1. The Morgan fingerprint density at radius 1 is 1.10 bits per heavy atom. The molecule has 0 fully saturated rings. The van der Waals surface area contributed by atoms with E-state index in [4.69, 9.17) is 4.74 Å². The number of carbonyl (C=O) groups is 1. The van der Waals surface area contributed by atoms with Crippen LogP contribution >= 0.6 is 11.8 Å². The van der Waals surface area contributed by atoms with Crippen LogP contribution < -0.4 is 0 Å². The molecule has 0 amide bonds. The van der Waals surface area contributed by atoms with Crippen LogP contribution in [-0.2, 0) is 17.7 Å². The number of imidazole rings is 2. The van der Waals surface area contributed by atoms with Crippen molar-refractivity contribution in [2.75, 3.05) is 12.9 Å². The zero-order valence-corrected chi connectivity index (χ0v) is 19.3. The van der Waals surface area contributed by atoms with Gasteiger partial charge >= 0.3 is 5.97 Å². The smallest absolute Gasteiger partial charge is 0.337 e. The second kappa shape index (κ2) is 12.3. The molecule has 7 heteroatoms. The molecule has 0 aliphatic rings. The Balaban J connectivity index is 1.43. The molecular formula is C24H32N4O2S. The molecule has 1 aromatic carbocycles. The van der Waals surface area contributed by atoms with Gasteiger partial charge in [0.1, 0.15) is 0 Å². The number of thioether (sulfide) groups is 1. The first-order valence-electron chi connectivity index (χ1n) is 11.0. The molecule has 2 heterocycles. The largest absolute Gasteiger partial charge is 0.465 e. The third kappa shape index (κ3) is 7.58. The van der Waals surface area contributed by atoms with E-state index < -0.39 is 0 Å². The Morgan fingerprint density at radius 2 is 1.87 bits per heavy atom. The minimum absolute atomic E-state index is 0.319. The predicted octanol–water partition coefficient (Wildman–Crippen LogP) is 5.48. The molecule has 31 heavy (non-hydrogen) atoms. The van der Waals surface area contributed by atoms with Crippen molar-refractivity contribution in [3.05, 3.63) is 65.5 Å². The Morgan fingerprint density at radius 3 is 2.65 bits per heavy atom. The lowest BCUT2D eigenvalue weighted by molar-refractivity contribution is 0.0600. The number of esters is 1. The van der Waals surface area contributed by atoms with Crippen LogP contribution in [0.15, 0.2) is 48.1 Å². The molecule has 0 atom stereocenters. The molecule has 0 aliphatic heterocycles. The molecule has 1 N–H and O–H groups in total. The average Bonchev–Trinajstić information content (AvgIpc) is 3.42. The SMILES string of the molecule is CCCCCCCCSc1ncc(Cc2cn(Cc3ccc(C(=O)OC)cc3)cn2)[nH]1. The van der Waals surface area contributed by atoms with E-state index in [1.807, 2.05) is 29.2 Å². The summed E-state index contributed by atoms with van der Waals surface area (Å²) in [4.78, 5) is 24.0. The van der Waals surface area contributed by atoms with Gasteiger partial charge in [0, 0.05) is 36.8 Å². The second-order valence-corrected chi connectivity index (χ2v) is 8.82. The van der Waals surface area contributed by atoms with E-state index in [-0.39, 0.29) is 5.97 Å². The average molecular weight is 441 g/mol. The van der Waals surface area contributed by atoms with Crippen molar-refractivity contribution in [3.63, 3.8) is 0 Å². The Bertz CT molecular complexity index is 933. The van der Waals surface area contributed by atoms with Crippen LogP contribution in [0.1, 0.15) is 72.8 Å². The van der Waals surface area contributed by atoms with Crippen LogP contribution in [0.5, 0.6) is 0 Å². The third-order valence-corrected chi connectivity index (χ3v) is 6.11. The van der Waals surface area contributed by atoms with Gasteiger partial charge in [0.15, 0.2) is 5.16 Å². The lowest BCUT2D eigenvalue weighted by Crippen LogP contribution is -2.02. The van der Waals surface area contributed by atoms with Gasteiger partial charge in [-0.25, -0.2) is 14.8 Å². The molecule has 3 aromatic rings. The topological polar surface area (TPSA) is 72.8 Å². The standard InChI is InChI=1S/C24H32N4O2S/c1-3-4-5-6-7-8-13-31-24-25-15-21(27-24)14-22-17-28(18-26-22)16-19-9-11-20(12-10-19)23(29)30-2/h9-12,15,17-18H,3-8,13-14,16H2,1-2H3,(H,25,27). The number of ether oxygens (including phenoxy) is 1. The van der Waals surface area contributed by atoms with E-state index in [1.54, 1.807) is 23.9 Å². The Hall–Kier alpha value is -2.54. The van der Waals surface area contributed by atoms with Crippen molar-refractivity contribution in [2.24, 2.45) is 0 Å². The molecule has 0 spiro atoms. The number of hydrogen-bond acceptors (Lipinski definition) is 5. The molecule has 0 unspecified atom stereocenters. The zero-order chi connectivity index (χ0) is 21.9. The summed E-state index contributed by atoms with van der Waals surface area (Å²) < 4.78 is 6.79. The maximum atomic E-state index is 11.5. The number of rotatable bonds is 13. The summed E-state index contributed by atoms with van der Waals surface area (Å²) in [5.74, 6) is 0.795. The summed E-state index contributed by atoms with van der Waals surface area (Å²) in [5.41, 5.74) is 3.74. The summed E-state index contributed by atoms with van der Waals surface area (Å²) in [6, 6.07) is 7.45. The number of aromatic amines is 1. The Labute approximate surface area is 188 Å². The van der Waals surface area contributed by atoms with E-state index in [2.05, 4.69) is 28.1 Å². The summed E-state index contributed by atoms with van der Waals surface area (Å²) in [6.45, 7) is 2.96. The van der Waals surface area contributed by atoms with E-state index >= 15 is 0 Å². The molecule has 2 aromatic heterocycles. The monoisotopic (exact) mass is 440 g/mol. The molecule has 166 valence electrons. The number of nitrogens with one attached hydrogen (secondary N) is 1. The number of nitrogens with zero attached hydrogens (tertiary/aromatic N) is 3. The van der Waals surface area contributed by atoms with Crippen LogP contribution in [0, 0.1) is 0 Å². The van der Waals surface area contributed by atoms with E-state index in [9.17, 15) is 4.79 Å². The van der Waals surface area contributed by atoms with Gasteiger partial charge < -0.3 is 14.3 Å². The highest BCUT2D eigenvalue weighted by molar-refractivity contribution is 7.99. The minimum atomic E-state index is -0.319. The number of unbranched alkanes of at least 4 members (excludes halogenated alkanes) is 5. The van der Waals surface area contributed by atoms with Gasteiger partial charge in [-0.2, -0.15) is 0 Å². The predicted molar refractivity (Wildman–Crippen MR) is 125 cm³/mol. The fraction of sp³-hybridized carbons (Fsp3) is 0.458. The van der Waals surface area contributed by atoms with Crippen molar-refractivity contribution in [1.29, 1.82) is 0 Å². The second-order valence-electron chi connectivity index (χ2n) is 7.73. The van der Waals surface area contributed by atoms with Crippen LogP contribution in [0.25, 0.3) is 0 Å². The first-order chi connectivity index (χ1) is 15.2. The maximum Gasteiger partial charge on any atom is 0.337 e. The van der Waals surface area contributed by atoms with Crippen LogP contribution in [0.2, 0.25) is 0 Å². The number of H-pyrrole nitrogens is 1. The molecule has 0 saturated heterocycles. The minimum Gasteiger partial charge on any atom is -0.465 e. The van der Waals surface area contributed by atoms with Gasteiger partial charge in [-0.1, -0.05) is 62.9 Å². The quantitative estimate of drug-likeness (QED) is 0.216. The van der Waals surface area contributed by atoms with Gasteiger partial charge in [0.05, 0.1) is 24.7 Å². The van der Waals surface area contributed by atoms with Crippen LogP contribution in [0.4, 0.5) is 0 Å². The van der Waals surface area contributed by atoms with Gasteiger partial charge in [-0.05, 0) is 24.1 Å². The number of benzene rings is 1. The number of carbonyl (C=O) groups excluding carboxylic acids is 1. The third-order valence-electron chi connectivity index (χ3n) is 5.14. The summed E-state index contributed by atoms with van der Waals surface area (Å²) >= 11 is 1.80. The maximum absolute atomic E-state index is 11.5. The van der Waals surface area contributed by atoms with Gasteiger partial charge in [0.2, 0.25) is 0 Å². The van der Waals surface area contributed by atoms with Crippen molar-refractivity contribution in [1.82, 2.24) is 19.5 Å². The lowest BCUT2D eigenvalue weighted by Gasteiger charge is -2.04. The van der Waals surface area contributed by atoms with Gasteiger partial charge in [0.25, 0.3) is 0 Å². The van der Waals surface area contributed by atoms with Crippen molar-refractivity contribution < 1.29 is 9.53 Å². The number of methoxy groups -OCH3 is 1. The van der Waals surface area contributed by atoms with E-state index in [0.29, 0.717) is 12.1 Å². The molecule has 3 rings (SSSR count).